The molecule has 1 aromatic heterocycles. The quantitative estimate of drug-likeness (QED) is 0.802. The number of hydrogen-bond acceptors (Lipinski definition) is 4. The Hall–Kier alpha value is -1.32. The summed E-state index contributed by atoms with van der Waals surface area (Å²) in [6.07, 6.45) is 5.32. The molecule has 2 atom stereocenters. The van der Waals surface area contributed by atoms with Crippen molar-refractivity contribution in [1.82, 2.24) is 9.97 Å². The fraction of sp³-hybridized carbons (Fsp3) is 0.636. The van der Waals surface area contributed by atoms with Gasteiger partial charge in [-0.2, -0.15) is 4.98 Å². The molecule has 0 radical (unpaired) electrons. The third-order valence-electron chi connectivity index (χ3n) is 3.15. The zero-order chi connectivity index (χ0) is 10.8. The van der Waals surface area contributed by atoms with Crippen LogP contribution in [0.25, 0.3) is 0 Å². The molecule has 1 aromatic rings. The van der Waals surface area contributed by atoms with Crippen molar-refractivity contribution in [3.05, 3.63) is 12.3 Å². The van der Waals surface area contributed by atoms with Crippen LogP contribution in [-0.2, 0) is 0 Å². The zero-order valence-corrected chi connectivity index (χ0v) is 9.35. The predicted molar refractivity (Wildman–Crippen MR) is 61.7 cm³/mol. The highest BCUT2D eigenvalue weighted by molar-refractivity contribution is 5.40. The predicted octanol–water partition coefficient (Wildman–Crippen LogP) is 1.83. The van der Waals surface area contributed by atoms with Gasteiger partial charge in [-0.1, -0.05) is 6.92 Å². The minimum absolute atomic E-state index is 0.525. The van der Waals surface area contributed by atoms with Crippen LogP contribution in [0.3, 0.4) is 0 Å². The third-order valence-corrected chi connectivity index (χ3v) is 3.15. The average Bonchev–Trinajstić information content (AvgIpc) is 2.59. The molecule has 0 aliphatic carbocycles. The lowest BCUT2D eigenvalue weighted by molar-refractivity contribution is 0.613. The molecule has 0 aromatic carbocycles. The highest BCUT2D eigenvalue weighted by Crippen LogP contribution is 2.29. The average molecular weight is 206 g/mol. The summed E-state index contributed by atoms with van der Waals surface area (Å²) in [5.41, 5.74) is 5.68. The largest absolute Gasteiger partial charge is 0.384 e. The highest BCUT2D eigenvalue weighted by Gasteiger charge is 2.31. The van der Waals surface area contributed by atoms with Crippen molar-refractivity contribution >= 4 is 11.8 Å². The minimum atomic E-state index is 0.525. The van der Waals surface area contributed by atoms with Gasteiger partial charge in [0.2, 0.25) is 5.95 Å². The topological polar surface area (TPSA) is 55.0 Å². The zero-order valence-electron chi connectivity index (χ0n) is 9.35. The van der Waals surface area contributed by atoms with Crippen LogP contribution in [0.4, 0.5) is 11.8 Å². The molecule has 0 amide bonds. The van der Waals surface area contributed by atoms with E-state index in [1.54, 1.807) is 12.3 Å². The number of anilines is 2. The second-order valence-corrected chi connectivity index (χ2v) is 4.18. The van der Waals surface area contributed by atoms with Crippen molar-refractivity contribution < 1.29 is 0 Å². The molecule has 0 bridgehead atoms. The number of nitrogens with two attached hydrogens (primary N) is 1. The fourth-order valence-electron chi connectivity index (χ4n) is 2.32. The van der Waals surface area contributed by atoms with E-state index in [4.69, 9.17) is 5.73 Å². The number of hydrogen-bond donors (Lipinski definition) is 1. The van der Waals surface area contributed by atoms with E-state index in [0.29, 0.717) is 17.9 Å². The van der Waals surface area contributed by atoms with Crippen LogP contribution in [0.15, 0.2) is 12.3 Å². The van der Waals surface area contributed by atoms with E-state index in [0.717, 1.165) is 12.4 Å². The van der Waals surface area contributed by atoms with Gasteiger partial charge in [0.05, 0.1) is 0 Å². The van der Waals surface area contributed by atoms with Crippen molar-refractivity contribution in [2.75, 3.05) is 10.6 Å². The van der Waals surface area contributed by atoms with Crippen LogP contribution in [0.2, 0.25) is 0 Å². The lowest BCUT2D eigenvalue weighted by Crippen LogP contribution is -2.35. The lowest BCUT2D eigenvalue weighted by Gasteiger charge is -2.27. The van der Waals surface area contributed by atoms with E-state index in [9.17, 15) is 0 Å². The monoisotopic (exact) mass is 206 g/mol. The summed E-state index contributed by atoms with van der Waals surface area (Å²) >= 11 is 0. The van der Waals surface area contributed by atoms with Gasteiger partial charge in [0.25, 0.3) is 0 Å². The Kier molecular flexibility index (Phi) is 2.75. The van der Waals surface area contributed by atoms with E-state index >= 15 is 0 Å². The SMILES string of the molecule is CCC1CCC(C)N1c1nccc(N)n1. The third kappa shape index (κ3) is 1.89. The van der Waals surface area contributed by atoms with E-state index in [-0.39, 0.29) is 0 Å². The molecule has 2 unspecified atom stereocenters. The molecule has 2 N–H and O–H groups in total. The summed E-state index contributed by atoms with van der Waals surface area (Å²) in [6, 6.07) is 2.82. The van der Waals surface area contributed by atoms with Crippen molar-refractivity contribution in [3.8, 4) is 0 Å². The molecule has 0 saturated carbocycles. The maximum Gasteiger partial charge on any atom is 0.227 e. The molecule has 82 valence electrons. The highest BCUT2D eigenvalue weighted by atomic mass is 15.3. The lowest BCUT2D eigenvalue weighted by atomic mass is 10.2. The van der Waals surface area contributed by atoms with Crippen molar-refractivity contribution in [1.29, 1.82) is 0 Å². The smallest absolute Gasteiger partial charge is 0.227 e. The van der Waals surface area contributed by atoms with Gasteiger partial charge in [0.15, 0.2) is 0 Å². The van der Waals surface area contributed by atoms with E-state index < -0.39 is 0 Å². The van der Waals surface area contributed by atoms with Gasteiger partial charge in [0, 0.05) is 18.3 Å². The van der Waals surface area contributed by atoms with Gasteiger partial charge in [-0.25, -0.2) is 4.98 Å². The molecule has 1 aliphatic rings. The van der Waals surface area contributed by atoms with Crippen LogP contribution < -0.4 is 10.6 Å². The standard InChI is InChI=1S/C11H18N4/c1-3-9-5-4-8(2)15(9)11-13-7-6-10(12)14-11/h6-9H,3-5H2,1-2H3,(H2,12,13,14). The molecule has 4 nitrogen and oxygen atoms in total. The van der Waals surface area contributed by atoms with Gasteiger partial charge in [-0.15, -0.1) is 0 Å². The molecule has 1 aliphatic heterocycles. The molecule has 4 heteroatoms. The summed E-state index contributed by atoms with van der Waals surface area (Å²) in [5, 5.41) is 0. The Morgan fingerprint density at radius 2 is 2.33 bits per heavy atom. The second-order valence-electron chi connectivity index (χ2n) is 4.18. The summed E-state index contributed by atoms with van der Waals surface area (Å²) in [4.78, 5) is 10.9. The fourth-order valence-corrected chi connectivity index (χ4v) is 2.32. The molecule has 2 heterocycles. The first kappa shape index (κ1) is 10.2. The Bertz CT molecular complexity index is 339. The van der Waals surface area contributed by atoms with Crippen LogP contribution >= 0.6 is 0 Å². The van der Waals surface area contributed by atoms with Crippen LogP contribution in [0.1, 0.15) is 33.1 Å². The first-order valence-corrected chi connectivity index (χ1v) is 5.59. The Morgan fingerprint density at radius 1 is 1.53 bits per heavy atom. The van der Waals surface area contributed by atoms with Crippen molar-refractivity contribution in [2.24, 2.45) is 0 Å². The molecule has 1 saturated heterocycles. The Balaban J connectivity index is 2.28. The summed E-state index contributed by atoms with van der Waals surface area (Å²) in [6.45, 7) is 4.43. The maximum atomic E-state index is 5.68. The molecular formula is C11H18N4. The van der Waals surface area contributed by atoms with Gasteiger partial charge < -0.3 is 10.6 Å². The van der Waals surface area contributed by atoms with Gasteiger partial charge in [-0.05, 0) is 32.3 Å². The molecular weight excluding hydrogens is 188 g/mol. The van der Waals surface area contributed by atoms with Crippen LogP contribution in [-0.4, -0.2) is 22.1 Å². The number of rotatable bonds is 2. The van der Waals surface area contributed by atoms with Crippen molar-refractivity contribution in [2.45, 2.75) is 45.2 Å². The first-order chi connectivity index (χ1) is 7.22. The molecule has 1 fully saturated rings. The van der Waals surface area contributed by atoms with Crippen molar-refractivity contribution in [3.63, 3.8) is 0 Å². The van der Waals surface area contributed by atoms with Crippen LogP contribution in [0, 0.1) is 0 Å². The normalized spacial score (nSPS) is 25.9. The Labute approximate surface area is 90.5 Å². The number of nitrogen functional groups attached to an aromatic ring is 1. The summed E-state index contributed by atoms with van der Waals surface area (Å²) in [5.74, 6) is 1.33. The van der Waals surface area contributed by atoms with Crippen LogP contribution in [0.5, 0.6) is 0 Å². The first-order valence-electron chi connectivity index (χ1n) is 5.59. The van der Waals surface area contributed by atoms with Gasteiger partial charge in [-0.3, -0.25) is 0 Å². The number of nitrogens with zero attached hydrogens (tertiary/aromatic N) is 3. The van der Waals surface area contributed by atoms with E-state index in [1.165, 1.54) is 12.8 Å². The van der Waals surface area contributed by atoms with Gasteiger partial charge in [0.1, 0.15) is 5.82 Å². The molecule has 0 spiro atoms. The second kappa shape index (κ2) is 4.04. The summed E-state index contributed by atoms with van der Waals surface area (Å²) in [7, 11) is 0. The molecule has 15 heavy (non-hydrogen) atoms. The van der Waals surface area contributed by atoms with E-state index in [1.807, 2.05) is 0 Å². The maximum absolute atomic E-state index is 5.68. The summed E-state index contributed by atoms with van der Waals surface area (Å²) < 4.78 is 0. The van der Waals surface area contributed by atoms with Gasteiger partial charge >= 0.3 is 0 Å². The molecule has 2 rings (SSSR count). The Morgan fingerprint density at radius 3 is 3.00 bits per heavy atom. The van der Waals surface area contributed by atoms with E-state index in [2.05, 4.69) is 28.7 Å². The minimum Gasteiger partial charge on any atom is -0.384 e. The number of aromatic nitrogens is 2.